The molecule has 0 saturated heterocycles. The quantitative estimate of drug-likeness (QED) is 0.903. The van der Waals surface area contributed by atoms with E-state index >= 15 is 0 Å². The van der Waals surface area contributed by atoms with Gasteiger partial charge in [-0.1, -0.05) is 13.8 Å². The van der Waals surface area contributed by atoms with Gasteiger partial charge in [0.1, 0.15) is 11.5 Å². The van der Waals surface area contributed by atoms with Crippen molar-refractivity contribution in [3.8, 4) is 11.5 Å². The van der Waals surface area contributed by atoms with E-state index in [4.69, 9.17) is 4.74 Å². The molecule has 0 aliphatic heterocycles. The Labute approximate surface area is 119 Å². The molecule has 4 heteroatoms. The largest absolute Gasteiger partial charge is 0.454 e. The molecule has 0 amide bonds. The Morgan fingerprint density at radius 3 is 2.60 bits per heavy atom. The molecule has 2 aromatic rings. The molecule has 2 heterocycles. The molecule has 0 saturated carbocycles. The van der Waals surface area contributed by atoms with E-state index in [0.717, 1.165) is 23.6 Å². The van der Waals surface area contributed by atoms with Crippen LogP contribution < -0.4 is 4.74 Å². The van der Waals surface area contributed by atoms with Gasteiger partial charge in [-0.05, 0) is 44.0 Å². The standard InChI is InChI=1S/C16H20N2O2/c1-4-13-16(9-6-11(3)18-13)20-12-7-8-14(17-10-12)15(19)5-2/h6-10,15,19H,4-5H2,1-3H3. The molecule has 106 valence electrons. The van der Waals surface area contributed by atoms with Crippen molar-refractivity contribution in [2.24, 2.45) is 0 Å². The van der Waals surface area contributed by atoms with Gasteiger partial charge in [-0.3, -0.25) is 9.97 Å². The summed E-state index contributed by atoms with van der Waals surface area (Å²) in [6.07, 6.45) is 2.58. The fraction of sp³-hybridized carbons (Fsp3) is 0.375. The number of aryl methyl sites for hydroxylation is 2. The van der Waals surface area contributed by atoms with Gasteiger partial charge >= 0.3 is 0 Å². The van der Waals surface area contributed by atoms with Crippen LogP contribution in [-0.2, 0) is 6.42 Å². The van der Waals surface area contributed by atoms with E-state index in [-0.39, 0.29) is 0 Å². The van der Waals surface area contributed by atoms with Crippen LogP contribution in [0.3, 0.4) is 0 Å². The van der Waals surface area contributed by atoms with Crippen molar-refractivity contribution in [1.82, 2.24) is 9.97 Å². The van der Waals surface area contributed by atoms with Gasteiger partial charge in [0.25, 0.3) is 0 Å². The third kappa shape index (κ3) is 3.33. The van der Waals surface area contributed by atoms with E-state index < -0.39 is 6.10 Å². The van der Waals surface area contributed by atoms with E-state index in [2.05, 4.69) is 9.97 Å². The van der Waals surface area contributed by atoms with E-state index in [0.29, 0.717) is 17.9 Å². The minimum atomic E-state index is -0.517. The van der Waals surface area contributed by atoms with Crippen molar-refractivity contribution >= 4 is 0 Å². The summed E-state index contributed by atoms with van der Waals surface area (Å²) in [5, 5.41) is 9.71. The maximum atomic E-state index is 9.71. The number of hydrogen-bond donors (Lipinski definition) is 1. The van der Waals surface area contributed by atoms with Crippen LogP contribution >= 0.6 is 0 Å². The van der Waals surface area contributed by atoms with Gasteiger partial charge in [0.05, 0.1) is 23.7 Å². The molecule has 4 nitrogen and oxygen atoms in total. The predicted molar refractivity (Wildman–Crippen MR) is 77.9 cm³/mol. The summed E-state index contributed by atoms with van der Waals surface area (Å²) in [4.78, 5) is 8.68. The van der Waals surface area contributed by atoms with E-state index in [9.17, 15) is 5.11 Å². The summed E-state index contributed by atoms with van der Waals surface area (Å²) in [6, 6.07) is 7.46. The topological polar surface area (TPSA) is 55.2 Å². The lowest BCUT2D eigenvalue weighted by Crippen LogP contribution is -1.99. The highest BCUT2D eigenvalue weighted by molar-refractivity contribution is 5.34. The summed E-state index contributed by atoms with van der Waals surface area (Å²) in [5.41, 5.74) is 2.58. The van der Waals surface area contributed by atoms with Gasteiger partial charge in [0, 0.05) is 5.69 Å². The second kappa shape index (κ2) is 6.48. The molecule has 0 fully saturated rings. The molecule has 1 atom stereocenters. The molecule has 1 N–H and O–H groups in total. The van der Waals surface area contributed by atoms with Crippen molar-refractivity contribution in [3.05, 3.63) is 47.5 Å². The summed E-state index contributed by atoms with van der Waals surface area (Å²) < 4.78 is 5.82. The first-order valence-corrected chi connectivity index (χ1v) is 6.92. The van der Waals surface area contributed by atoms with Crippen molar-refractivity contribution in [2.75, 3.05) is 0 Å². The maximum absolute atomic E-state index is 9.71. The van der Waals surface area contributed by atoms with Crippen molar-refractivity contribution in [1.29, 1.82) is 0 Å². The highest BCUT2D eigenvalue weighted by Crippen LogP contribution is 2.25. The lowest BCUT2D eigenvalue weighted by atomic mass is 10.2. The number of hydrogen-bond acceptors (Lipinski definition) is 4. The van der Waals surface area contributed by atoms with Gasteiger partial charge in [0.15, 0.2) is 0 Å². The normalized spacial score (nSPS) is 12.2. The van der Waals surface area contributed by atoms with Crippen LogP contribution in [-0.4, -0.2) is 15.1 Å². The Morgan fingerprint density at radius 2 is 2.00 bits per heavy atom. The average Bonchev–Trinajstić information content (AvgIpc) is 2.49. The Hall–Kier alpha value is -1.94. The van der Waals surface area contributed by atoms with Gasteiger partial charge in [-0.2, -0.15) is 0 Å². The first-order valence-electron chi connectivity index (χ1n) is 6.92. The van der Waals surface area contributed by atoms with Gasteiger partial charge in [0.2, 0.25) is 0 Å². The lowest BCUT2D eigenvalue weighted by Gasteiger charge is -2.11. The molecule has 0 bridgehead atoms. The zero-order chi connectivity index (χ0) is 14.5. The first kappa shape index (κ1) is 14.5. The van der Waals surface area contributed by atoms with Crippen molar-refractivity contribution < 1.29 is 9.84 Å². The van der Waals surface area contributed by atoms with Gasteiger partial charge in [-0.25, -0.2) is 0 Å². The highest BCUT2D eigenvalue weighted by atomic mass is 16.5. The molecule has 0 aromatic carbocycles. The smallest absolute Gasteiger partial charge is 0.148 e. The van der Waals surface area contributed by atoms with Crippen LogP contribution in [0.4, 0.5) is 0 Å². The minimum Gasteiger partial charge on any atom is -0.454 e. The molecule has 0 radical (unpaired) electrons. The van der Waals surface area contributed by atoms with E-state index in [1.165, 1.54) is 0 Å². The summed E-state index contributed by atoms with van der Waals surface area (Å²) >= 11 is 0. The Morgan fingerprint density at radius 1 is 1.20 bits per heavy atom. The van der Waals surface area contributed by atoms with E-state index in [1.54, 1.807) is 12.3 Å². The van der Waals surface area contributed by atoms with Crippen LogP contribution in [0.25, 0.3) is 0 Å². The van der Waals surface area contributed by atoms with Crippen molar-refractivity contribution in [3.63, 3.8) is 0 Å². The molecule has 0 aliphatic carbocycles. The Kier molecular flexibility index (Phi) is 4.69. The molecule has 2 rings (SSSR count). The maximum Gasteiger partial charge on any atom is 0.148 e. The highest BCUT2D eigenvalue weighted by Gasteiger charge is 2.08. The summed E-state index contributed by atoms with van der Waals surface area (Å²) in [5.74, 6) is 1.40. The monoisotopic (exact) mass is 272 g/mol. The molecular weight excluding hydrogens is 252 g/mol. The average molecular weight is 272 g/mol. The fourth-order valence-corrected chi connectivity index (χ4v) is 1.93. The number of aromatic nitrogens is 2. The van der Waals surface area contributed by atoms with Gasteiger partial charge < -0.3 is 9.84 Å². The fourth-order valence-electron chi connectivity index (χ4n) is 1.93. The number of ether oxygens (including phenoxy) is 1. The van der Waals surface area contributed by atoms with Crippen molar-refractivity contribution in [2.45, 2.75) is 39.7 Å². The zero-order valence-corrected chi connectivity index (χ0v) is 12.1. The minimum absolute atomic E-state index is 0.517. The molecule has 1 unspecified atom stereocenters. The number of aliphatic hydroxyl groups excluding tert-OH is 1. The molecular formula is C16H20N2O2. The Balaban J connectivity index is 2.18. The molecule has 0 aliphatic rings. The van der Waals surface area contributed by atoms with Crippen LogP contribution in [0.2, 0.25) is 0 Å². The third-order valence-corrected chi connectivity index (χ3v) is 3.12. The predicted octanol–water partition coefficient (Wildman–Crippen LogP) is 3.58. The number of pyridine rings is 2. The summed E-state index contributed by atoms with van der Waals surface area (Å²) in [6.45, 7) is 5.93. The number of rotatable bonds is 5. The number of nitrogens with zero attached hydrogens (tertiary/aromatic N) is 2. The van der Waals surface area contributed by atoms with Crippen LogP contribution in [0.5, 0.6) is 11.5 Å². The Bertz CT molecular complexity index is 567. The molecule has 20 heavy (non-hydrogen) atoms. The molecule has 0 spiro atoms. The third-order valence-electron chi connectivity index (χ3n) is 3.12. The lowest BCUT2D eigenvalue weighted by molar-refractivity contribution is 0.169. The van der Waals surface area contributed by atoms with Crippen LogP contribution in [0.15, 0.2) is 30.5 Å². The second-order valence-corrected chi connectivity index (χ2v) is 4.70. The number of aliphatic hydroxyl groups is 1. The van der Waals surface area contributed by atoms with Crippen LogP contribution in [0.1, 0.15) is 43.5 Å². The van der Waals surface area contributed by atoms with Crippen LogP contribution in [0, 0.1) is 6.92 Å². The van der Waals surface area contributed by atoms with Gasteiger partial charge in [-0.15, -0.1) is 0 Å². The molecule has 2 aromatic heterocycles. The first-order chi connectivity index (χ1) is 9.63. The van der Waals surface area contributed by atoms with E-state index in [1.807, 2.05) is 39.0 Å². The zero-order valence-electron chi connectivity index (χ0n) is 12.1. The SMILES string of the molecule is CCc1nc(C)ccc1Oc1ccc(C(O)CC)nc1. The second-order valence-electron chi connectivity index (χ2n) is 4.70. The summed E-state index contributed by atoms with van der Waals surface area (Å²) in [7, 11) is 0.